The first-order chi connectivity index (χ1) is 9.72. The quantitative estimate of drug-likeness (QED) is 0.859. The van der Waals surface area contributed by atoms with E-state index < -0.39 is 0 Å². The Morgan fingerprint density at radius 3 is 2.20 bits per heavy atom. The zero-order valence-electron chi connectivity index (χ0n) is 10.6. The van der Waals surface area contributed by atoms with E-state index in [-0.39, 0.29) is 5.91 Å². The van der Waals surface area contributed by atoms with E-state index >= 15 is 0 Å². The topological polar surface area (TPSA) is 55.4 Å². The molecule has 3 rings (SSSR count). The summed E-state index contributed by atoms with van der Waals surface area (Å²) in [5.41, 5.74) is 8.80. The monoisotopic (exact) mass is 280 g/mol. The summed E-state index contributed by atoms with van der Waals surface area (Å²) in [5, 5.41) is 0.308. The van der Waals surface area contributed by atoms with E-state index in [4.69, 9.17) is 5.73 Å². The van der Waals surface area contributed by atoms with E-state index in [0.29, 0.717) is 10.1 Å². The molecule has 1 amide bonds. The number of amides is 1. The van der Waals surface area contributed by atoms with E-state index in [9.17, 15) is 4.79 Å². The molecular weight excluding hydrogens is 268 g/mol. The molecule has 2 N–H and O–H groups in total. The van der Waals surface area contributed by atoms with Crippen LogP contribution in [0.15, 0.2) is 64.5 Å². The Labute approximate surface area is 121 Å². The Bertz CT molecular complexity index is 703. The minimum atomic E-state index is -0.264. The van der Waals surface area contributed by atoms with Crippen molar-refractivity contribution in [2.45, 2.75) is 0 Å². The Morgan fingerprint density at radius 2 is 1.60 bits per heavy atom. The molecule has 0 bridgehead atoms. The van der Waals surface area contributed by atoms with Gasteiger partial charge in [0, 0.05) is 0 Å². The van der Waals surface area contributed by atoms with Crippen molar-refractivity contribution in [3.05, 3.63) is 65.1 Å². The maximum Gasteiger partial charge on any atom is 0.286 e. The molecule has 4 heteroatoms. The van der Waals surface area contributed by atoms with Crippen molar-refractivity contribution >= 4 is 28.9 Å². The molecule has 0 saturated carbocycles. The molecule has 0 fully saturated rings. The smallest absolute Gasteiger partial charge is 0.286 e. The summed E-state index contributed by atoms with van der Waals surface area (Å²) in [4.78, 5) is 15.8. The molecule has 1 heterocycles. The van der Waals surface area contributed by atoms with Gasteiger partial charge in [0.2, 0.25) is 0 Å². The molecule has 20 heavy (non-hydrogen) atoms. The van der Waals surface area contributed by atoms with Crippen molar-refractivity contribution < 1.29 is 4.79 Å². The first kappa shape index (κ1) is 12.7. The van der Waals surface area contributed by atoms with E-state index in [2.05, 4.69) is 17.1 Å². The number of thioether (sulfide) groups is 1. The molecule has 0 spiro atoms. The van der Waals surface area contributed by atoms with Crippen molar-refractivity contribution in [2.75, 3.05) is 0 Å². The van der Waals surface area contributed by atoms with Crippen LogP contribution in [-0.4, -0.2) is 11.1 Å². The second-order valence-corrected chi connectivity index (χ2v) is 5.42. The maximum atomic E-state index is 11.5. The molecule has 0 aromatic heterocycles. The van der Waals surface area contributed by atoms with Crippen molar-refractivity contribution in [3.63, 3.8) is 0 Å². The zero-order valence-corrected chi connectivity index (χ0v) is 11.4. The summed E-state index contributed by atoms with van der Waals surface area (Å²) < 4.78 is 0. The first-order valence-corrected chi connectivity index (χ1v) is 6.97. The van der Waals surface area contributed by atoms with Crippen molar-refractivity contribution in [1.29, 1.82) is 0 Å². The zero-order chi connectivity index (χ0) is 13.9. The molecule has 0 radical (unpaired) electrons. The summed E-state index contributed by atoms with van der Waals surface area (Å²) in [6.07, 6.45) is 1.81. The predicted molar refractivity (Wildman–Crippen MR) is 84.1 cm³/mol. The van der Waals surface area contributed by atoms with Gasteiger partial charge in [-0.05, 0) is 34.5 Å². The van der Waals surface area contributed by atoms with Crippen LogP contribution in [-0.2, 0) is 4.79 Å². The van der Waals surface area contributed by atoms with Gasteiger partial charge in [0.15, 0.2) is 5.17 Å². The molecule has 0 unspecified atom stereocenters. The van der Waals surface area contributed by atoms with Gasteiger partial charge in [-0.3, -0.25) is 4.79 Å². The van der Waals surface area contributed by atoms with Crippen LogP contribution in [0.5, 0.6) is 0 Å². The third-order valence-electron chi connectivity index (χ3n) is 2.95. The number of amidine groups is 1. The number of nitrogens with zero attached hydrogens (tertiary/aromatic N) is 1. The third kappa shape index (κ3) is 2.65. The van der Waals surface area contributed by atoms with Crippen molar-refractivity contribution in [1.82, 2.24) is 0 Å². The summed E-state index contributed by atoms with van der Waals surface area (Å²) in [6, 6.07) is 18.2. The molecule has 2 aromatic rings. The minimum Gasteiger partial charge on any atom is -0.378 e. The van der Waals surface area contributed by atoms with Crippen LogP contribution >= 0.6 is 11.8 Å². The van der Waals surface area contributed by atoms with E-state index in [1.165, 1.54) is 17.3 Å². The highest BCUT2D eigenvalue weighted by molar-refractivity contribution is 8.18. The third-order valence-corrected chi connectivity index (χ3v) is 3.77. The van der Waals surface area contributed by atoms with Gasteiger partial charge in [-0.1, -0.05) is 54.6 Å². The second kappa shape index (κ2) is 5.35. The maximum absolute atomic E-state index is 11.5. The number of carbonyl (C=O) groups excluding carboxylic acids is 1. The Morgan fingerprint density at radius 1 is 0.950 bits per heavy atom. The number of nitrogens with two attached hydrogens (primary N) is 1. The lowest BCUT2D eigenvalue weighted by molar-refractivity contribution is -0.113. The Hall–Kier alpha value is -2.33. The molecule has 98 valence electrons. The molecule has 0 atom stereocenters. The second-order valence-electron chi connectivity index (χ2n) is 4.35. The van der Waals surface area contributed by atoms with Crippen LogP contribution in [0.4, 0.5) is 0 Å². The number of hydrogen-bond donors (Lipinski definition) is 1. The number of carbonyl (C=O) groups is 1. The summed E-state index contributed by atoms with van der Waals surface area (Å²) >= 11 is 1.21. The standard InChI is InChI=1S/C16H12N2OS/c17-16-18-15(19)14(20-16)10-11-6-8-13(9-7-11)12-4-2-1-3-5-12/h1-10H,(H2,17,18,19)/b14-10-. The van der Waals surface area contributed by atoms with Gasteiger partial charge < -0.3 is 5.73 Å². The van der Waals surface area contributed by atoms with Gasteiger partial charge >= 0.3 is 0 Å². The number of hydrogen-bond acceptors (Lipinski definition) is 3. The fourth-order valence-electron chi connectivity index (χ4n) is 1.98. The van der Waals surface area contributed by atoms with E-state index in [1.807, 2.05) is 48.5 Å². The first-order valence-electron chi connectivity index (χ1n) is 6.16. The molecular formula is C16H12N2OS. The normalized spacial score (nSPS) is 16.5. The molecule has 0 saturated heterocycles. The van der Waals surface area contributed by atoms with Crippen LogP contribution in [0.25, 0.3) is 17.2 Å². The number of aliphatic imine (C=N–C) groups is 1. The van der Waals surface area contributed by atoms with Gasteiger partial charge in [-0.15, -0.1) is 0 Å². The fourth-order valence-corrected chi connectivity index (χ4v) is 2.66. The van der Waals surface area contributed by atoms with Crippen LogP contribution in [0.2, 0.25) is 0 Å². The van der Waals surface area contributed by atoms with Crippen molar-refractivity contribution in [2.24, 2.45) is 10.7 Å². The SMILES string of the molecule is NC1=NC(=O)/C(=C/c2ccc(-c3ccccc3)cc2)S1. The summed E-state index contributed by atoms with van der Waals surface area (Å²) in [5.74, 6) is -0.264. The van der Waals surface area contributed by atoms with Gasteiger partial charge in [0.25, 0.3) is 5.91 Å². The van der Waals surface area contributed by atoms with Crippen LogP contribution in [0.1, 0.15) is 5.56 Å². The van der Waals surface area contributed by atoms with Gasteiger partial charge in [0.1, 0.15) is 0 Å². The van der Waals surface area contributed by atoms with Crippen LogP contribution < -0.4 is 5.73 Å². The van der Waals surface area contributed by atoms with Crippen molar-refractivity contribution in [3.8, 4) is 11.1 Å². The minimum absolute atomic E-state index is 0.264. The van der Waals surface area contributed by atoms with Gasteiger partial charge in [0.05, 0.1) is 4.91 Å². The summed E-state index contributed by atoms with van der Waals surface area (Å²) in [7, 11) is 0. The van der Waals surface area contributed by atoms with Gasteiger partial charge in [-0.2, -0.15) is 4.99 Å². The van der Waals surface area contributed by atoms with Crippen LogP contribution in [0.3, 0.4) is 0 Å². The highest BCUT2D eigenvalue weighted by Gasteiger charge is 2.19. The highest BCUT2D eigenvalue weighted by atomic mass is 32.2. The Kier molecular flexibility index (Phi) is 3.39. The molecule has 1 aliphatic rings. The average Bonchev–Trinajstić information content (AvgIpc) is 2.79. The Balaban J connectivity index is 1.84. The van der Waals surface area contributed by atoms with Gasteiger partial charge in [-0.25, -0.2) is 0 Å². The predicted octanol–water partition coefficient (Wildman–Crippen LogP) is 3.28. The molecule has 3 nitrogen and oxygen atoms in total. The lowest BCUT2D eigenvalue weighted by Crippen LogP contribution is -2.01. The molecule has 0 aliphatic carbocycles. The average molecular weight is 280 g/mol. The van der Waals surface area contributed by atoms with E-state index in [0.717, 1.165) is 11.1 Å². The lowest BCUT2D eigenvalue weighted by atomic mass is 10.0. The van der Waals surface area contributed by atoms with E-state index in [1.54, 1.807) is 0 Å². The van der Waals surface area contributed by atoms with Crippen LogP contribution in [0, 0.1) is 0 Å². The largest absolute Gasteiger partial charge is 0.378 e. The fraction of sp³-hybridized carbons (Fsp3) is 0. The summed E-state index contributed by atoms with van der Waals surface area (Å²) in [6.45, 7) is 0. The number of benzene rings is 2. The lowest BCUT2D eigenvalue weighted by Gasteiger charge is -2.02. The highest BCUT2D eigenvalue weighted by Crippen LogP contribution is 2.27. The number of rotatable bonds is 2. The molecule has 1 aliphatic heterocycles. The molecule has 2 aromatic carbocycles.